The molecule has 9 heteroatoms. The minimum atomic E-state index is -0.367. The molecular formula is C29H27IN2O6. The number of fused-ring (bicyclic) bond motifs is 5. The van der Waals surface area contributed by atoms with Crippen LogP contribution in [0.1, 0.15) is 23.1 Å². The number of non-ortho nitro benzene ring substituents is 1. The van der Waals surface area contributed by atoms with Crippen LogP contribution < -0.4 is 47.5 Å². The monoisotopic (exact) mass is 626 g/mol. The molecule has 0 N–H and O–H groups in total. The van der Waals surface area contributed by atoms with Crippen molar-refractivity contribution in [3.05, 3.63) is 81.5 Å². The fourth-order valence-electron chi connectivity index (χ4n) is 5.52. The Labute approximate surface area is 237 Å². The Hall–Kier alpha value is -3.60. The van der Waals surface area contributed by atoms with E-state index in [1.165, 1.54) is 16.8 Å². The predicted octanol–water partition coefficient (Wildman–Crippen LogP) is 2.18. The summed E-state index contributed by atoms with van der Waals surface area (Å²) in [5.74, 6) is 3.01. The van der Waals surface area contributed by atoms with E-state index in [0.29, 0.717) is 5.75 Å². The minimum absolute atomic E-state index is 0. The number of nitro groups is 1. The van der Waals surface area contributed by atoms with Crippen LogP contribution >= 0.6 is 0 Å². The van der Waals surface area contributed by atoms with E-state index >= 15 is 0 Å². The van der Waals surface area contributed by atoms with Crippen molar-refractivity contribution in [1.29, 1.82) is 0 Å². The van der Waals surface area contributed by atoms with Crippen molar-refractivity contribution >= 4 is 16.5 Å². The van der Waals surface area contributed by atoms with Crippen LogP contribution in [-0.4, -0.2) is 25.9 Å². The molecule has 0 bridgehead atoms. The summed E-state index contributed by atoms with van der Waals surface area (Å²) >= 11 is 0. The third kappa shape index (κ3) is 4.48. The number of halogens is 1. The lowest BCUT2D eigenvalue weighted by Crippen LogP contribution is -3.00. The smallest absolute Gasteiger partial charge is 0.269 e. The van der Waals surface area contributed by atoms with Gasteiger partial charge in [-0.1, -0.05) is 12.1 Å². The number of pyridine rings is 1. The molecule has 0 spiro atoms. The third-order valence-corrected chi connectivity index (χ3v) is 7.28. The van der Waals surface area contributed by atoms with Gasteiger partial charge in [-0.25, -0.2) is 0 Å². The highest BCUT2D eigenvalue weighted by Crippen LogP contribution is 2.43. The summed E-state index contributed by atoms with van der Waals surface area (Å²) in [5.41, 5.74) is 6.02. The molecule has 2 aliphatic heterocycles. The van der Waals surface area contributed by atoms with Crippen molar-refractivity contribution in [2.75, 3.05) is 21.0 Å². The topological polar surface area (TPSA) is 83.9 Å². The van der Waals surface area contributed by atoms with Gasteiger partial charge in [0.1, 0.15) is 0 Å². The lowest BCUT2D eigenvalue weighted by Gasteiger charge is -2.21. The zero-order valence-corrected chi connectivity index (χ0v) is 23.3. The number of ether oxygens (including phenoxy) is 4. The number of aryl methyl sites for hydroxylation is 4. The number of rotatable bonds is 7. The lowest BCUT2D eigenvalue weighted by molar-refractivity contribution is -0.686. The Morgan fingerprint density at radius 3 is 2.45 bits per heavy atom. The van der Waals surface area contributed by atoms with E-state index in [4.69, 9.17) is 18.9 Å². The van der Waals surface area contributed by atoms with Gasteiger partial charge in [-0.2, -0.15) is 4.57 Å². The first kappa shape index (κ1) is 26.0. The standard InChI is InChI=1S/C29H27N2O6.HI/c1-34-25-11-10-21-22(5-3-4-18-6-8-20(9-7-18)31(32)33)28-23-15-27-26(36-17-37-27)14-19(23)12-13-30(28)16-24(21)29(25)35-2;/h6-11,14-16H,3-5,12-13,17H2,1-2H3;1H/q+1;/p-1. The average molecular weight is 626 g/mol. The lowest BCUT2D eigenvalue weighted by atomic mass is 9.89. The van der Waals surface area contributed by atoms with Crippen LogP contribution in [0.25, 0.3) is 22.0 Å². The molecule has 0 amide bonds. The molecule has 0 aliphatic carbocycles. The summed E-state index contributed by atoms with van der Waals surface area (Å²) < 4.78 is 25.1. The quantitative estimate of drug-likeness (QED) is 0.136. The number of hydrogen-bond acceptors (Lipinski definition) is 6. The van der Waals surface area contributed by atoms with Crippen LogP contribution in [0.5, 0.6) is 23.0 Å². The molecule has 196 valence electrons. The van der Waals surface area contributed by atoms with E-state index in [-0.39, 0.29) is 41.4 Å². The second-order valence-electron chi connectivity index (χ2n) is 9.30. The predicted molar refractivity (Wildman–Crippen MR) is 138 cm³/mol. The van der Waals surface area contributed by atoms with Crippen LogP contribution in [0.15, 0.2) is 54.7 Å². The Kier molecular flexibility index (Phi) is 7.29. The minimum Gasteiger partial charge on any atom is -1.00 e. The molecule has 6 rings (SSSR count). The molecule has 0 saturated carbocycles. The summed E-state index contributed by atoms with van der Waals surface area (Å²) in [6, 6.07) is 15.1. The third-order valence-electron chi connectivity index (χ3n) is 7.28. The molecule has 0 radical (unpaired) electrons. The average Bonchev–Trinajstić information content (AvgIpc) is 3.38. The Morgan fingerprint density at radius 2 is 1.74 bits per heavy atom. The van der Waals surface area contributed by atoms with Gasteiger partial charge in [0.2, 0.25) is 12.5 Å². The highest BCUT2D eigenvalue weighted by Gasteiger charge is 2.32. The summed E-state index contributed by atoms with van der Waals surface area (Å²) in [6.07, 6.45) is 5.59. The van der Waals surface area contributed by atoms with Gasteiger partial charge in [-0.15, -0.1) is 0 Å². The van der Waals surface area contributed by atoms with Crippen LogP contribution in [0.2, 0.25) is 0 Å². The Balaban J connectivity index is 0.00000294. The van der Waals surface area contributed by atoms with Crippen molar-refractivity contribution < 1.29 is 52.4 Å². The van der Waals surface area contributed by atoms with E-state index in [2.05, 4.69) is 29.0 Å². The van der Waals surface area contributed by atoms with E-state index in [1.54, 1.807) is 26.4 Å². The molecule has 0 unspecified atom stereocenters. The fraction of sp³-hybridized carbons (Fsp3) is 0.276. The molecule has 3 heterocycles. The first-order valence-corrected chi connectivity index (χ1v) is 12.3. The number of hydrogen-bond donors (Lipinski definition) is 0. The molecule has 0 saturated heterocycles. The largest absolute Gasteiger partial charge is 1.00 e. The van der Waals surface area contributed by atoms with Crippen molar-refractivity contribution in [3.8, 4) is 34.3 Å². The van der Waals surface area contributed by atoms with Gasteiger partial charge in [-0.05, 0) is 54.7 Å². The Bertz CT molecular complexity index is 1540. The van der Waals surface area contributed by atoms with Crippen molar-refractivity contribution in [2.24, 2.45) is 0 Å². The molecule has 3 aromatic carbocycles. The van der Waals surface area contributed by atoms with Crippen molar-refractivity contribution in [2.45, 2.75) is 32.2 Å². The molecule has 4 aromatic rings. The SMILES string of the molecule is COc1ccc2c(CCCc3ccc([N+](=O)[O-])cc3)c3[n+](cc2c1OC)CCc1cc2c(cc1-3)OCO2.[I-]. The zero-order valence-electron chi connectivity index (χ0n) is 21.2. The second-order valence-corrected chi connectivity index (χ2v) is 9.30. The first-order chi connectivity index (χ1) is 18.1. The maximum Gasteiger partial charge on any atom is 0.269 e. The normalized spacial score (nSPS) is 12.9. The highest BCUT2D eigenvalue weighted by atomic mass is 127. The summed E-state index contributed by atoms with van der Waals surface area (Å²) in [7, 11) is 3.32. The number of aromatic nitrogens is 1. The number of nitrogens with zero attached hydrogens (tertiary/aromatic N) is 2. The van der Waals surface area contributed by atoms with Crippen LogP contribution in [0.4, 0.5) is 5.69 Å². The van der Waals surface area contributed by atoms with E-state index in [1.807, 2.05) is 18.2 Å². The zero-order chi connectivity index (χ0) is 25.5. The van der Waals surface area contributed by atoms with Gasteiger partial charge in [0.15, 0.2) is 35.7 Å². The molecule has 38 heavy (non-hydrogen) atoms. The van der Waals surface area contributed by atoms with Gasteiger partial charge in [0, 0.05) is 29.5 Å². The van der Waals surface area contributed by atoms with Crippen molar-refractivity contribution in [3.63, 3.8) is 0 Å². The molecule has 8 nitrogen and oxygen atoms in total. The second kappa shape index (κ2) is 10.6. The fourth-order valence-corrected chi connectivity index (χ4v) is 5.52. The van der Waals surface area contributed by atoms with Gasteiger partial charge >= 0.3 is 0 Å². The summed E-state index contributed by atoms with van der Waals surface area (Å²) in [4.78, 5) is 10.6. The molecule has 0 fully saturated rings. The molecular weight excluding hydrogens is 599 g/mol. The van der Waals surface area contributed by atoms with Gasteiger partial charge in [0.05, 0.1) is 30.1 Å². The first-order valence-electron chi connectivity index (χ1n) is 12.3. The summed E-state index contributed by atoms with van der Waals surface area (Å²) in [6.45, 7) is 1.09. The van der Waals surface area contributed by atoms with E-state index in [0.717, 1.165) is 71.4 Å². The van der Waals surface area contributed by atoms with Crippen LogP contribution in [-0.2, 0) is 25.8 Å². The van der Waals surface area contributed by atoms with Crippen molar-refractivity contribution in [1.82, 2.24) is 0 Å². The molecule has 1 aromatic heterocycles. The number of methoxy groups -OCH3 is 2. The van der Waals surface area contributed by atoms with Crippen LogP contribution in [0.3, 0.4) is 0 Å². The number of nitro benzene ring substituents is 1. The Morgan fingerprint density at radius 1 is 0.974 bits per heavy atom. The maximum absolute atomic E-state index is 11.0. The molecule has 0 atom stereocenters. The van der Waals surface area contributed by atoms with Gasteiger partial charge in [-0.3, -0.25) is 10.1 Å². The summed E-state index contributed by atoms with van der Waals surface area (Å²) in [5, 5.41) is 13.1. The maximum atomic E-state index is 11.0. The van der Waals surface area contributed by atoms with Gasteiger partial charge < -0.3 is 42.9 Å². The molecule has 2 aliphatic rings. The van der Waals surface area contributed by atoms with Crippen LogP contribution in [0, 0.1) is 10.1 Å². The van der Waals surface area contributed by atoms with Gasteiger partial charge in [0.25, 0.3) is 5.69 Å². The van der Waals surface area contributed by atoms with E-state index < -0.39 is 0 Å². The van der Waals surface area contributed by atoms with E-state index in [9.17, 15) is 10.1 Å². The highest BCUT2D eigenvalue weighted by molar-refractivity contribution is 5.95. The number of benzene rings is 3.